The zero-order valence-corrected chi connectivity index (χ0v) is 10.5. The minimum absolute atomic E-state index is 0.0400. The van der Waals surface area contributed by atoms with Crippen molar-refractivity contribution in [3.63, 3.8) is 0 Å². The molecule has 1 rings (SSSR count). The number of nitrogens with zero attached hydrogens (tertiary/aromatic N) is 2. The second kappa shape index (κ2) is 5.68. The van der Waals surface area contributed by atoms with Crippen molar-refractivity contribution in [3.8, 4) is 0 Å². The lowest BCUT2D eigenvalue weighted by Gasteiger charge is -2.20. The van der Waals surface area contributed by atoms with Crippen molar-refractivity contribution in [3.05, 3.63) is 17.3 Å². The Labute approximate surface area is 96.7 Å². The van der Waals surface area contributed by atoms with E-state index in [2.05, 4.69) is 18.8 Å². The first-order chi connectivity index (χ1) is 7.60. The molecule has 0 bridgehead atoms. The van der Waals surface area contributed by atoms with Gasteiger partial charge in [-0.25, -0.2) is 4.98 Å². The molecule has 1 aromatic rings. The number of carbonyl (C=O) groups is 1. The average Bonchev–Trinajstić information content (AvgIpc) is 2.56. The number of carbonyl (C=O) groups excluding carboxylic acids is 1. The van der Waals surface area contributed by atoms with Crippen molar-refractivity contribution < 1.29 is 9.21 Å². The Hall–Kier alpha value is -1.32. The van der Waals surface area contributed by atoms with Crippen LogP contribution in [-0.4, -0.2) is 28.9 Å². The molecule has 0 aliphatic carbocycles. The fraction of sp³-hybridized carbons (Fsp3) is 0.667. The van der Waals surface area contributed by atoms with Gasteiger partial charge in [0.05, 0.1) is 5.69 Å². The maximum absolute atomic E-state index is 12.2. The lowest BCUT2D eigenvalue weighted by atomic mass is 10.3. The normalized spacial score (nSPS) is 10.5. The predicted octanol–water partition coefficient (Wildman–Crippen LogP) is 2.55. The summed E-state index contributed by atoms with van der Waals surface area (Å²) in [6.45, 7) is 9.23. The standard InChI is InChI=1S/C12H20N2O2/c1-5-7-14(8-6-2)12(15)11-9(3)13-10(4)16-11/h5-8H2,1-4H3. The molecule has 1 amide bonds. The zero-order valence-electron chi connectivity index (χ0n) is 10.5. The summed E-state index contributed by atoms with van der Waals surface area (Å²) in [6.07, 6.45) is 1.91. The van der Waals surface area contributed by atoms with Gasteiger partial charge in [0.25, 0.3) is 5.91 Å². The summed E-state index contributed by atoms with van der Waals surface area (Å²) in [4.78, 5) is 18.1. The van der Waals surface area contributed by atoms with E-state index in [0.717, 1.165) is 25.9 Å². The number of amides is 1. The highest BCUT2D eigenvalue weighted by Crippen LogP contribution is 2.13. The van der Waals surface area contributed by atoms with Crippen LogP contribution in [0.1, 0.15) is 48.8 Å². The average molecular weight is 224 g/mol. The van der Waals surface area contributed by atoms with Crippen molar-refractivity contribution in [1.82, 2.24) is 9.88 Å². The minimum atomic E-state index is -0.0400. The largest absolute Gasteiger partial charge is 0.436 e. The molecule has 16 heavy (non-hydrogen) atoms. The number of aryl methyl sites for hydroxylation is 2. The van der Waals surface area contributed by atoms with Gasteiger partial charge in [-0.05, 0) is 19.8 Å². The lowest BCUT2D eigenvalue weighted by molar-refractivity contribution is 0.0721. The molecule has 0 aliphatic heterocycles. The van der Waals surface area contributed by atoms with Gasteiger partial charge in [-0.3, -0.25) is 4.79 Å². The molecule has 1 aromatic heterocycles. The van der Waals surface area contributed by atoms with Crippen LogP contribution in [0.15, 0.2) is 4.42 Å². The Kier molecular flexibility index (Phi) is 4.52. The summed E-state index contributed by atoms with van der Waals surface area (Å²) < 4.78 is 5.35. The Morgan fingerprint density at radius 2 is 1.81 bits per heavy atom. The van der Waals surface area contributed by atoms with Crippen molar-refractivity contribution in [2.75, 3.05) is 13.1 Å². The fourth-order valence-electron chi connectivity index (χ4n) is 1.73. The Morgan fingerprint density at radius 1 is 1.25 bits per heavy atom. The van der Waals surface area contributed by atoms with E-state index >= 15 is 0 Å². The van der Waals surface area contributed by atoms with Crippen molar-refractivity contribution in [1.29, 1.82) is 0 Å². The van der Waals surface area contributed by atoms with Gasteiger partial charge in [-0.15, -0.1) is 0 Å². The number of oxazole rings is 1. The molecule has 0 radical (unpaired) electrons. The first kappa shape index (κ1) is 12.7. The summed E-state index contributed by atoms with van der Waals surface area (Å²) >= 11 is 0. The van der Waals surface area contributed by atoms with Gasteiger partial charge < -0.3 is 9.32 Å². The van der Waals surface area contributed by atoms with Crippen LogP contribution >= 0.6 is 0 Å². The van der Waals surface area contributed by atoms with E-state index in [1.807, 2.05) is 4.90 Å². The highest BCUT2D eigenvalue weighted by molar-refractivity contribution is 5.92. The maximum atomic E-state index is 12.2. The van der Waals surface area contributed by atoms with E-state index in [-0.39, 0.29) is 5.91 Å². The van der Waals surface area contributed by atoms with Crippen molar-refractivity contribution >= 4 is 5.91 Å². The van der Waals surface area contributed by atoms with Crippen LogP contribution in [0.25, 0.3) is 0 Å². The fourth-order valence-corrected chi connectivity index (χ4v) is 1.73. The summed E-state index contributed by atoms with van der Waals surface area (Å²) in [6, 6.07) is 0. The number of aromatic nitrogens is 1. The van der Waals surface area contributed by atoms with Gasteiger partial charge in [-0.2, -0.15) is 0 Å². The topological polar surface area (TPSA) is 46.3 Å². The molecule has 0 aliphatic rings. The second-order valence-electron chi connectivity index (χ2n) is 3.94. The minimum Gasteiger partial charge on any atom is -0.436 e. The monoisotopic (exact) mass is 224 g/mol. The highest BCUT2D eigenvalue weighted by Gasteiger charge is 2.21. The number of rotatable bonds is 5. The van der Waals surface area contributed by atoms with Gasteiger partial charge in [0.1, 0.15) is 0 Å². The molecule has 0 unspecified atom stereocenters. The molecule has 0 saturated heterocycles. The number of hydrogen-bond donors (Lipinski definition) is 0. The first-order valence-electron chi connectivity index (χ1n) is 5.83. The maximum Gasteiger partial charge on any atom is 0.291 e. The van der Waals surface area contributed by atoms with E-state index in [1.54, 1.807) is 13.8 Å². The summed E-state index contributed by atoms with van der Waals surface area (Å²) in [5.41, 5.74) is 0.680. The van der Waals surface area contributed by atoms with Crippen LogP contribution in [-0.2, 0) is 0 Å². The van der Waals surface area contributed by atoms with E-state index in [0.29, 0.717) is 17.3 Å². The zero-order chi connectivity index (χ0) is 12.1. The Morgan fingerprint density at radius 3 is 2.19 bits per heavy atom. The van der Waals surface area contributed by atoms with Gasteiger partial charge >= 0.3 is 0 Å². The van der Waals surface area contributed by atoms with E-state index in [4.69, 9.17) is 4.42 Å². The third-order valence-corrected chi connectivity index (χ3v) is 2.37. The Balaban J connectivity index is 2.85. The molecule has 4 heteroatoms. The highest BCUT2D eigenvalue weighted by atomic mass is 16.4. The second-order valence-corrected chi connectivity index (χ2v) is 3.94. The van der Waals surface area contributed by atoms with Gasteiger partial charge in [-0.1, -0.05) is 13.8 Å². The van der Waals surface area contributed by atoms with Crippen LogP contribution in [0.5, 0.6) is 0 Å². The molecule has 0 spiro atoms. The predicted molar refractivity (Wildman–Crippen MR) is 62.5 cm³/mol. The summed E-state index contributed by atoms with van der Waals surface area (Å²) in [7, 11) is 0. The number of hydrogen-bond acceptors (Lipinski definition) is 3. The summed E-state index contributed by atoms with van der Waals surface area (Å²) in [5, 5.41) is 0. The van der Waals surface area contributed by atoms with Crippen LogP contribution in [0.3, 0.4) is 0 Å². The molecule has 0 aromatic carbocycles. The van der Waals surface area contributed by atoms with E-state index in [9.17, 15) is 4.79 Å². The third kappa shape index (κ3) is 2.84. The van der Waals surface area contributed by atoms with E-state index < -0.39 is 0 Å². The van der Waals surface area contributed by atoms with E-state index in [1.165, 1.54) is 0 Å². The Bertz CT molecular complexity index is 352. The summed E-state index contributed by atoms with van der Waals surface area (Å²) in [5.74, 6) is 0.898. The quantitative estimate of drug-likeness (QED) is 0.772. The smallest absolute Gasteiger partial charge is 0.291 e. The molecule has 0 fully saturated rings. The van der Waals surface area contributed by atoms with Gasteiger partial charge in [0.15, 0.2) is 5.89 Å². The van der Waals surface area contributed by atoms with Crippen molar-refractivity contribution in [2.24, 2.45) is 0 Å². The third-order valence-electron chi connectivity index (χ3n) is 2.37. The molecule has 0 atom stereocenters. The first-order valence-corrected chi connectivity index (χ1v) is 5.83. The van der Waals surface area contributed by atoms with Crippen LogP contribution < -0.4 is 0 Å². The van der Waals surface area contributed by atoms with Crippen molar-refractivity contribution in [2.45, 2.75) is 40.5 Å². The molecule has 0 saturated carbocycles. The van der Waals surface area contributed by atoms with Crippen LogP contribution in [0.4, 0.5) is 0 Å². The molecule has 1 heterocycles. The lowest BCUT2D eigenvalue weighted by Crippen LogP contribution is -2.32. The van der Waals surface area contributed by atoms with Gasteiger partial charge in [0.2, 0.25) is 5.76 Å². The van der Waals surface area contributed by atoms with Gasteiger partial charge in [0, 0.05) is 20.0 Å². The van der Waals surface area contributed by atoms with Crippen LogP contribution in [0.2, 0.25) is 0 Å². The SMILES string of the molecule is CCCN(CCC)C(=O)c1oc(C)nc1C. The molecular formula is C12H20N2O2. The molecule has 90 valence electrons. The molecular weight excluding hydrogens is 204 g/mol. The molecule has 0 N–H and O–H groups in total. The molecule has 4 nitrogen and oxygen atoms in total. The van der Waals surface area contributed by atoms with Crippen LogP contribution in [0, 0.1) is 13.8 Å².